The molecule has 2 rings (SSSR count). The average molecular weight is 333 g/mol. The highest BCUT2D eigenvalue weighted by Crippen LogP contribution is 2.29. The molecule has 0 radical (unpaired) electrons. The summed E-state index contributed by atoms with van der Waals surface area (Å²) in [7, 11) is 0. The average Bonchev–Trinajstić information content (AvgIpc) is 2.58. The zero-order valence-electron chi connectivity index (χ0n) is 14.7. The van der Waals surface area contributed by atoms with Crippen molar-refractivity contribution in [2.45, 2.75) is 46.1 Å². The molecule has 1 aliphatic rings. The summed E-state index contributed by atoms with van der Waals surface area (Å²) in [5.74, 6) is 1.02. The van der Waals surface area contributed by atoms with Crippen LogP contribution in [0.1, 0.15) is 50.4 Å². The van der Waals surface area contributed by atoms with Crippen molar-refractivity contribution in [1.29, 1.82) is 0 Å². The minimum absolute atomic E-state index is 0.172. The highest BCUT2D eigenvalue weighted by atomic mass is 16.5. The molecule has 0 aliphatic heterocycles. The molecule has 1 amide bonds. The zero-order valence-corrected chi connectivity index (χ0v) is 14.7. The summed E-state index contributed by atoms with van der Waals surface area (Å²) in [6, 6.07) is 6.87. The fourth-order valence-corrected chi connectivity index (χ4v) is 3.10. The van der Waals surface area contributed by atoms with Crippen LogP contribution in [0, 0.1) is 11.8 Å². The summed E-state index contributed by atoms with van der Waals surface area (Å²) < 4.78 is 10.4. The maximum absolute atomic E-state index is 12.0. The molecule has 0 aromatic heterocycles. The van der Waals surface area contributed by atoms with Crippen LogP contribution in [0.25, 0.3) is 0 Å². The second kappa shape index (κ2) is 8.71. The molecule has 0 spiro atoms. The van der Waals surface area contributed by atoms with E-state index >= 15 is 0 Å². The number of carbonyl (C=O) groups is 2. The number of esters is 1. The molecule has 5 nitrogen and oxygen atoms in total. The van der Waals surface area contributed by atoms with E-state index in [1.165, 1.54) is 6.42 Å². The fourth-order valence-electron chi connectivity index (χ4n) is 3.10. The summed E-state index contributed by atoms with van der Waals surface area (Å²) in [6.45, 7) is 6.61. The summed E-state index contributed by atoms with van der Waals surface area (Å²) in [5.41, 5.74) is 0.408. The van der Waals surface area contributed by atoms with E-state index in [1.54, 1.807) is 24.3 Å². The summed E-state index contributed by atoms with van der Waals surface area (Å²) in [4.78, 5) is 24.0. The van der Waals surface area contributed by atoms with Crippen LogP contribution in [0.15, 0.2) is 24.3 Å². The normalized spacial score (nSPS) is 23.4. The summed E-state index contributed by atoms with van der Waals surface area (Å²) in [6.07, 6.45) is 3.33. The van der Waals surface area contributed by atoms with Gasteiger partial charge in [0.1, 0.15) is 5.75 Å². The SMILES string of the molecule is CCOc1ccc(C(=O)OCC(=O)N[C@@H]2CCC[C@H](C)[C@H]2C)cc1. The lowest BCUT2D eigenvalue weighted by atomic mass is 9.78. The minimum atomic E-state index is -0.502. The molecule has 132 valence electrons. The fraction of sp³-hybridized carbons (Fsp3) is 0.579. The van der Waals surface area contributed by atoms with Gasteiger partial charge in [-0.15, -0.1) is 0 Å². The lowest BCUT2D eigenvalue weighted by Gasteiger charge is -2.34. The van der Waals surface area contributed by atoms with Crippen LogP contribution in [-0.2, 0) is 9.53 Å². The Morgan fingerprint density at radius 1 is 1.17 bits per heavy atom. The van der Waals surface area contributed by atoms with E-state index in [-0.39, 0.29) is 18.6 Å². The Morgan fingerprint density at radius 3 is 2.54 bits per heavy atom. The molecule has 0 unspecified atom stereocenters. The van der Waals surface area contributed by atoms with Crippen molar-refractivity contribution in [1.82, 2.24) is 5.32 Å². The Bertz CT molecular complexity index is 555. The molecule has 1 saturated carbocycles. The van der Waals surface area contributed by atoms with Crippen LogP contribution in [-0.4, -0.2) is 31.1 Å². The predicted molar refractivity (Wildman–Crippen MR) is 92.0 cm³/mol. The molecule has 1 fully saturated rings. The first-order valence-electron chi connectivity index (χ1n) is 8.70. The first-order chi connectivity index (χ1) is 11.5. The van der Waals surface area contributed by atoms with Gasteiger partial charge in [-0.05, 0) is 49.4 Å². The van der Waals surface area contributed by atoms with E-state index in [1.807, 2.05) is 6.92 Å². The van der Waals surface area contributed by atoms with Gasteiger partial charge in [0.15, 0.2) is 6.61 Å². The summed E-state index contributed by atoms with van der Waals surface area (Å²) in [5, 5.41) is 3.00. The van der Waals surface area contributed by atoms with Crippen molar-refractivity contribution in [3.8, 4) is 5.75 Å². The maximum atomic E-state index is 12.0. The van der Waals surface area contributed by atoms with Crippen LogP contribution < -0.4 is 10.1 Å². The van der Waals surface area contributed by atoms with Crippen molar-refractivity contribution in [3.63, 3.8) is 0 Å². The Labute approximate surface area is 143 Å². The lowest BCUT2D eigenvalue weighted by molar-refractivity contribution is -0.125. The quantitative estimate of drug-likeness (QED) is 0.812. The molecule has 24 heavy (non-hydrogen) atoms. The van der Waals surface area contributed by atoms with Crippen LogP contribution >= 0.6 is 0 Å². The first kappa shape index (κ1) is 18.3. The van der Waals surface area contributed by atoms with Gasteiger partial charge < -0.3 is 14.8 Å². The molecular formula is C19H27NO4. The van der Waals surface area contributed by atoms with E-state index in [2.05, 4.69) is 19.2 Å². The van der Waals surface area contributed by atoms with Crippen molar-refractivity contribution in [2.24, 2.45) is 11.8 Å². The Balaban J connectivity index is 1.79. The zero-order chi connectivity index (χ0) is 17.5. The van der Waals surface area contributed by atoms with Gasteiger partial charge in [0.2, 0.25) is 0 Å². The van der Waals surface area contributed by atoms with E-state index in [4.69, 9.17) is 9.47 Å². The molecular weight excluding hydrogens is 306 g/mol. The van der Waals surface area contributed by atoms with Crippen LogP contribution in [0.4, 0.5) is 0 Å². The van der Waals surface area contributed by atoms with Crippen LogP contribution in [0.5, 0.6) is 5.75 Å². The van der Waals surface area contributed by atoms with Crippen molar-refractivity contribution in [2.75, 3.05) is 13.2 Å². The Kier molecular flexibility index (Phi) is 6.64. The van der Waals surface area contributed by atoms with Crippen LogP contribution in [0.3, 0.4) is 0 Å². The van der Waals surface area contributed by atoms with Gasteiger partial charge >= 0.3 is 5.97 Å². The molecule has 1 aromatic carbocycles. The maximum Gasteiger partial charge on any atom is 0.338 e. The number of nitrogens with one attached hydrogen (secondary N) is 1. The second-order valence-electron chi connectivity index (χ2n) is 6.47. The van der Waals surface area contributed by atoms with Gasteiger partial charge in [-0.3, -0.25) is 4.79 Å². The molecule has 1 N–H and O–H groups in total. The Morgan fingerprint density at radius 2 is 1.88 bits per heavy atom. The highest BCUT2D eigenvalue weighted by molar-refractivity contribution is 5.91. The molecule has 0 saturated heterocycles. The number of hydrogen-bond donors (Lipinski definition) is 1. The molecule has 1 aliphatic carbocycles. The third-order valence-corrected chi connectivity index (χ3v) is 4.79. The molecule has 5 heteroatoms. The van der Waals surface area contributed by atoms with Gasteiger partial charge in [-0.25, -0.2) is 4.79 Å². The van der Waals surface area contributed by atoms with Crippen molar-refractivity contribution >= 4 is 11.9 Å². The highest BCUT2D eigenvalue weighted by Gasteiger charge is 2.28. The van der Waals surface area contributed by atoms with E-state index in [0.29, 0.717) is 29.8 Å². The Hall–Kier alpha value is -2.04. The third kappa shape index (κ3) is 4.98. The predicted octanol–water partition coefficient (Wildman–Crippen LogP) is 3.18. The second-order valence-corrected chi connectivity index (χ2v) is 6.47. The van der Waals surface area contributed by atoms with E-state index in [9.17, 15) is 9.59 Å². The monoisotopic (exact) mass is 333 g/mol. The van der Waals surface area contributed by atoms with Crippen molar-refractivity contribution in [3.05, 3.63) is 29.8 Å². The lowest BCUT2D eigenvalue weighted by Crippen LogP contribution is -2.45. The van der Waals surface area contributed by atoms with Gasteiger partial charge in [0.25, 0.3) is 5.91 Å². The van der Waals surface area contributed by atoms with Gasteiger partial charge in [0, 0.05) is 6.04 Å². The molecule has 3 atom stereocenters. The van der Waals surface area contributed by atoms with Gasteiger partial charge in [-0.1, -0.05) is 26.7 Å². The number of amides is 1. The number of rotatable bonds is 6. The molecule has 1 aromatic rings. The standard InChI is InChI=1S/C19H27NO4/c1-4-23-16-10-8-15(9-11-16)19(22)24-12-18(21)20-17-7-5-6-13(2)14(17)3/h8-11,13-14,17H,4-7,12H2,1-3H3,(H,20,21)/t13-,14+,17+/m0/s1. The number of hydrogen-bond acceptors (Lipinski definition) is 4. The third-order valence-electron chi connectivity index (χ3n) is 4.79. The smallest absolute Gasteiger partial charge is 0.338 e. The van der Waals surface area contributed by atoms with Crippen LogP contribution in [0.2, 0.25) is 0 Å². The van der Waals surface area contributed by atoms with Gasteiger partial charge in [-0.2, -0.15) is 0 Å². The van der Waals surface area contributed by atoms with E-state index in [0.717, 1.165) is 12.8 Å². The number of benzene rings is 1. The largest absolute Gasteiger partial charge is 0.494 e. The summed E-state index contributed by atoms with van der Waals surface area (Å²) >= 11 is 0. The molecule has 0 heterocycles. The number of carbonyl (C=O) groups excluding carboxylic acids is 2. The van der Waals surface area contributed by atoms with E-state index < -0.39 is 5.97 Å². The van der Waals surface area contributed by atoms with Gasteiger partial charge in [0.05, 0.1) is 12.2 Å². The minimum Gasteiger partial charge on any atom is -0.494 e. The number of ether oxygens (including phenoxy) is 2. The molecule has 0 bridgehead atoms. The first-order valence-corrected chi connectivity index (χ1v) is 8.70. The van der Waals surface area contributed by atoms with Crippen molar-refractivity contribution < 1.29 is 19.1 Å². The topological polar surface area (TPSA) is 64.6 Å².